The minimum absolute atomic E-state index is 0.00862. The van der Waals surface area contributed by atoms with Gasteiger partial charge in [0.2, 0.25) is 5.91 Å². The molecular weight excluding hydrogens is 304 g/mol. The minimum atomic E-state index is -0.249. The normalized spacial score (nSPS) is 22.2. The van der Waals surface area contributed by atoms with Crippen LogP contribution in [0.5, 0.6) is 0 Å². The van der Waals surface area contributed by atoms with E-state index in [2.05, 4.69) is 15.2 Å². The Morgan fingerprint density at radius 2 is 1.96 bits per heavy atom. The van der Waals surface area contributed by atoms with Crippen LogP contribution in [0.1, 0.15) is 42.5 Å². The van der Waals surface area contributed by atoms with Crippen LogP contribution in [0.4, 0.5) is 0 Å². The van der Waals surface area contributed by atoms with Crippen LogP contribution in [0, 0.1) is 0 Å². The maximum Gasteiger partial charge on any atom is 0.253 e. The number of pyridine rings is 1. The lowest BCUT2D eigenvalue weighted by Gasteiger charge is -2.26. The topological polar surface area (TPSA) is 65.5 Å². The highest BCUT2D eigenvalue weighted by molar-refractivity contribution is 5.96. The van der Waals surface area contributed by atoms with Crippen molar-refractivity contribution in [2.75, 3.05) is 32.7 Å². The highest BCUT2D eigenvalue weighted by atomic mass is 16.2. The molecule has 2 aliphatic heterocycles. The van der Waals surface area contributed by atoms with Gasteiger partial charge in [-0.15, -0.1) is 0 Å². The number of carbonyl (C=O) groups is 2. The van der Waals surface area contributed by atoms with Crippen molar-refractivity contribution in [3.63, 3.8) is 0 Å². The minimum Gasteiger partial charge on any atom is -0.343 e. The Labute approximate surface area is 143 Å². The van der Waals surface area contributed by atoms with Crippen molar-refractivity contribution in [3.05, 3.63) is 30.1 Å². The fraction of sp³-hybridized carbons (Fsp3) is 0.611. The molecule has 2 aliphatic rings. The zero-order valence-electron chi connectivity index (χ0n) is 14.1. The second-order valence-corrected chi connectivity index (χ2v) is 6.63. The molecule has 0 bridgehead atoms. The average Bonchev–Trinajstić information content (AvgIpc) is 3.04. The third-order valence-electron chi connectivity index (χ3n) is 5.03. The summed E-state index contributed by atoms with van der Waals surface area (Å²) in [5.41, 5.74) is 0.482. The number of nitrogens with zero attached hydrogens (tertiary/aromatic N) is 3. The fourth-order valence-corrected chi connectivity index (χ4v) is 3.67. The van der Waals surface area contributed by atoms with E-state index in [-0.39, 0.29) is 18.4 Å². The SMILES string of the molecule is O=C(NCC(=O)N1CCCC(N2CCCC2)CC1)c1cccnc1. The first-order valence-electron chi connectivity index (χ1n) is 8.94. The van der Waals surface area contributed by atoms with Gasteiger partial charge in [-0.2, -0.15) is 0 Å². The lowest BCUT2D eigenvalue weighted by atomic mass is 10.1. The van der Waals surface area contributed by atoms with Crippen molar-refractivity contribution < 1.29 is 9.59 Å². The molecule has 24 heavy (non-hydrogen) atoms. The zero-order valence-corrected chi connectivity index (χ0v) is 14.1. The smallest absolute Gasteiger partial charge is 0.253 e. The summed E-state index contributed by atoms with van der Waals surface area (Å²) in [7, 11) is 0. The van der Waals surface area contributed by atoms with Crippen LogP contribution in [-0.4, -0.2) is 65.4 Å². The van der Waals surface area contributed by atoms with E-state index in [1.807, 2.05) is 4.90 Å². The second kappa shape index (κ2) is 8.24. The molecule has 2 fully saturated rings. The molecule has 2 amide bonds. The monoisotopic (exact) mass is 330 g/mol. The molecule has 0 aromatic carbocycles. The van der Waals surface area contributed by atoms with Gasteiger partial charge in [-0.3, -0.25) is 14.6 Å². The molecule has 6 heteroatoms. The lowest BCUT2D eigenvalue weighted by Crippen LogP contribution is -2.41. The van der Waals surface area contributed by atoms with Crippen molar-refractivity contribution >= 4 is 11.8 Å². The first-order valence-corrected chi connectivity index (χ1v) is 8.94. The molecular formula is C18H26N4O2. The number of amides is 2. The molecule has 0 spiro atoms. The van der Waals surface area contributed by atoms with Gasteiger partial charge in [-0.05, 0) is 57.3 Å². The maximum absolute atomic E-state index is 12.4. The van der Waals surface area contributed by atoms with E-state index in [4.69, 9.17) is 0 Å². The van der Waals surface area contributed by atoms with E-state index in [9.17, 15) is 9.59 Å². The third-order valence-corrected chi connectivity index (χ3v) is 5.03. The highest BCUT2D eigenvalue weighted by Gasteiger charge is 2.26. The maximum atomic E-state index is 12.4. The zero-order chi connectivity index (χ0) is 16.8. The van der Waals surface area contributed by atoms with Gasteiger partial charge in [-0.1, -0.05) is 0 Å². The molecule has 1 N–H and O–H groups in total. The third kappa shape index (κ3) is 4.32. The molecule has 3 rings (SSSR count). The van der Waals surface area contributed by atoms with Crippen LogP contribution in [0.25, 0.3) is 0 Å². The van der Waals surface area contributed by atoms with Crippen molar-refractivity contribution in [1.29, 1.82) is 0 Å². The lowest BCUT2D eigenvalue weighted by molar-refractivity contribution is -0.130. The van der Waals surface area contributed by atoms with E-state index in [0.717, 1.165) is 25.9 Å². The molecule has 0 aliphatic carbocycles. The van der Waals surface area contributed by atoms with Crippen molar-refractivity contribution in [2.24, 2.45) is 0 Å². The molecule has 0 saturated carbocycles. The standard InChI is InChI=1S/C18H26N4O2/c23-17(14-20-18(24)15-5-3-8-19-13-15)22-11-4-6-16(7-12-22)21-9-1-2-10-21/h3,5,8,13,16H,1-2,4,6-7,9-12,14H2,(H,20,24). The molecule has 130 valence electrons. The van der Waals surface area contributed by atoms with Gasteiger partial charge in [0.1, 0.15) is 0 Å². The summed E-state index contributed by atoms with van der Waals surface area (Å²) in [6, 6.07) is 4.03. The Kier molecular flexibility index (Phi) is 5.80. The largest absolute Gasteiger partial charge is 0.343 e. The van der Waals surface area contributed by atoms with Crippen LogP contribution in [0.3, 0.4) is 0 Å². The van der Waals surface area contributed by atoms with Crippen LogP contribution in [-0.2, 0) is 4.79 Å². The number of likely N-dealkylation sites (tertiary alicyclic amines) is 2. The molecule has 0 radical (unpaired) electrons. The number of carbonyl (C=O) groups excluding carboxylic acids is 2. The summed E-state index contributed by atoms with van der Waals surface area (Å²) in [4.78, 5) is 32.8. The summed E-state index contributed by atoms with van der Waals surface area (Å²) < 4.78 is 0. The van der Waals surface area contributed by atoms with E-state index in [1.165, 1.54) is 38.5 Å². The van der Waals surface area contributed by atoms with E-state index < -0.39 is 0 Å². The molecule has 3 heterocycles. The Hall–Kier alpha value is -1.95. The first-order chi connectivity index (χ1) is 11.7. The Morgan fingerprint density at radius 3 is 2.71 bits per heavy atom. The second-order valence-electron chi connectivity index (χ2n) is 6.63. The number of rotatable bonds is 4. The first kappa shape index (κ1) is 16.9. The van der Waals surface area contributed by atoms with Gasteiger partial charge in [0, 0.05) is 31.5 Å². The fourth-order valence-electron chi connectivity index (χ4n) is 3.67. The summed E-state index contributed by atoms with van der Waals surface area (Å²) >= 11 is 0. The van der Waals surface area contributed by atoms with E-state index >= 15 is 0 Å². The molecule has 1 aromatic heterocycles. The highest BCUT2D eigenvalue weighted by Crippen LogP contribution is 2.21. The summed E-state index contributed by atoms with van der Waals surface area (Å²) in [5.74, 6) is -0.240. The van der Waals surface area contributed by atoms with Gasteiger partial charge in [0.15, 0.2) is 0 Å². The number of hydrogen-bond donors (Lipinski definition) is 1. The molecule has 1 unspecified atom stereocenters. The predicted octanol–water partition coefficient (Wildman–Crippen LogP) is 1.29. The number of nitrogens with one attached hydrogen (secondary N) is 1. The van der Waals surface area contributed by atoms with Crippen molar-refractivity contribution in [1.82, 2.24) is 20.1 Å². The summed E-state index contributed by atoms with van der Waals surface area (Å²) in [6.07, 6.45) is 9.00. The molecule has 1 atom stereocenters. The summed E-state index contributed by atoms with van der Waals surface area (Å²) in [5, 5.41) is 2.70. The van der Waals surface area contributed by atoms with Crippen LogP contribution < -0.4 is 5.32 Å². The number of aromatic nitrogens is 1. The van der Waals surface area contributed by atoms with Gasteiger partial charge in [-0.25, -0.2) is 0 Å². The van der Waals surface area contributed by atoms with Crippen molar-refractivity contribution in [3.8, 4) is 0 Å². The molecule has 6 nitrogen and oxygen atoms in total. The van der Waals surface area contributed by atoms with Crippen LogP contribution in [0.15, 0.2) is 24.5 Å². The molecule has 2 saturated heterocycles. The van der Waals surface area contributed by atoms with E-state index in [0.29, 0.717) is 11.6 Å². The van der Waals surface area contributed by atoms with Crippen LogP contribution >= 0.6 is 0 Å². The van der Waals surface area contributed by atoms with Gasteiger partial charge in [0.25, 0.3) is 5.91 Å². The summed E-state index contributed by atoms with van der Waals surface area (Å²) in [6.45, 7) is 4.07. The van der Waals surface area contributed by atoms with Gasteiger partial charge < -0.3 is 15.1 Å². The van der Waals surface area contributed by atoms with Gasteiger partial charge >= 0.3 is 0 Å². The van der Waals surface area contributed by atoms with Gasteiger partial charge in [0.05, 0.1) is 12.1 Å². The predicted molar refractivity (Wildman–Crippen MR) is 91.6 cm³/mol. The Bertz CT molecular complexity index is 557. The number of hydrogen-bond acceptors (Lipinski definition) is 4. The molecule has 1 aromatic rings. The average molecular weight is 330 g/mol. The van der Waals surface area contributed by atoms with E-state index in [1.54, 1.807) is 18.3 Å². The van der Waals surface area contributed by atoms with Crippen LogP contribution in [0.2, 0.25) is 0 Å². The Balaban J connectivity index is 1.46. The van der Waals surface area contributed by atoms with Crippen molar-refractivity contribution in [2.45, 2.75) is 38.1 Å². The quantitative estimate of drug-likeness (QED) is 0.903. The Morgan fingerprint density at radius 1 is 1.12 bits per heavy atom.